The largest absolute Gasteiger partial charge is 0.325 e. The van der Waals surface area contributed by atoms with Gasteiger partial charge in [0.2, 0.25) is 15.9 Å². The van der Waals surface area contributed by atoms with Crippen molar-refractivity contribution < 1.29 is 13.2 Å². The SMILES string of the molecule is CNS(=O)(=O)c1cc(NC(=O)CSc2ccc3c(c2)CCC3)ccc1C. The van der Waals surface area contributed by atoms with Crippen molar-refractivity contribution in [1.82, 2.24) is 4.72 Å². The van der Waals surface area contributed by atoms with Crippen molar-refractivity contribution in [2.24, 2.45) is 0 Å². The number of hydrogen-bond donors (Lipinski definition) is 2. The van der Waals surface area contributed by atoms with Gasteiger partial charge < -0.3 is 5.32 Å². The van der Waals surface area contributed by atoms with Crippen LogP contribution in [-0.4, -0.2) is 27.1 Å². The number of carbonyl (C=O) groups excluding carboxylic acids is 1. The topological polar surface area (TPSA) is 75.3 Å². The van der Waals surface area contributed by atoms with E-state index in [4.69, 9.17) is 0 Å². The minimum Gasteiger partial charge on any atom is -0.325 e. The molecular weight excluding hydrogens is 368 g/mol. The van der Waals surface area contributed by atoms with Gasteiger partial charge in [-0.2, -0.15) is 0 Å². The summed E-state index contributed by atoms with van der Waals surface area (Å²) in [5.41, 5.74) is 3.90. The van der Waals surface area contributed by atoms with E-state index in [0.717, 1.165) is 17.7 Å². The smallest absolute Gasteiger partial charge is 0.240 e. The van der Waals surface area contributed by atoms with E-state index in [-0.39, 0.29) is 16.6 Å². The lowest BCUT2D eigenvalue weighted by Crippen LogP contribution is -2.20. The first-order valence-electron chi connectivity index (χ1n) is 8.48. The van der Waals surface area contributed by atoms with E-state index >= 15 is 0 Å². The van der Waals surface area contributed by atoms with Gasteiger partial charge >= 0.3 is 0 Å². The quantitative estimate of drug-likeness (QED) is 0.743. The molecule has 2 aromatic carbocycles. The van der Waals surface area contributed by atoms with Crippen LogP contribution in [0.2, 0.25) is 0 Å². The fourth-order valence-electron chi connectivity index (χ4n) is 3.06. The highest BCUT2D eigenvalue weighted by Gasteiger charge is 2.16. The molecule has 1 aliphatic carbocycles. The maximum Gasteiger partial charge on any atom is 0.240 e. The van der Waals surface area contributed by atoms with E-state index in [0.29, 0.717) is 11.3 Å². The summed E-state index contributed by atoms with van der Waals surface area (Å²) in [6.07, 6.45) is 3.46. The fraction of sp³-hybridized carbons (Fsp3) is 0.316. The Labute approximate surface area is 158 Å². The zero-order chi connectivity index (χ0) is 18.7. The van der Waals surface area contributed by atoms with Crippen molar-refractivity contribution in [2.45, 2.75) is 36.0 Å². The summed E-state index contributed by atoms with van der Waals surface area (Å²) in [6, 6.07) is 11.3. The molecule has 0 spiro atoms. The summed E-state index contributed by atoms with van der Waals surface area (Å²) in [5, 5.41) is 2.78. The number of nitrogens with one attached hydrogen (secondary N) is 2. The van der Waals surface area contributed by atoms with Crippen LogP contribution in [0.4, 0.5) is 5.69 Å². The highest BCUT2D eigenvalue weighted by Crippen LogP contribution is 2.28. The Morgan fingerprint density at radius 3 is 2.65 bits per heavy atom. The van der Waals surface area contributed by atoms with Crippen molar-refractivity contribution in [3.63, 3.8) is 0 Å². The molecule has 0 fully saturated rings. The van der Waals surface area contributed by atoms with Crippen LogP contribution >= 0.6 is 11.8 Å². The Balaban J connectivity index is 1.64. The Bertz CT molecular complexity index is 940. The second kappa shape index (κ2) is 7.82. The highest BCUT2D eigenvalue weighted by molar-refractivity contribution is 8.00. The second-order valence-corrected chi connectivity index (χ2v) is 9.21. The molecule has 1 aliphatic rings. The molecule has 26 heavy (non-hydrogen) atoms. The van der Waals surface area contributed by atoms with Crippen molar-refractivity contribution >= 4 is 33.4 Å². The van der Waals surface area contributed by atoms with Gasteiger partial charge in [0.1, 0.15) is 0 Å². The van der Waals surface area contributed by atoms with Crippen LogP contribution in [0.15, 0.2) is 46.2 Å². The van der Waals surface area contributed by atoms with Gasteiger partial charge in [0.15, 0.2) is 0 Å². The summed E-state index contributed by atoms with van der Waals surface area (Å²) in [6.45, 7) is 1.72. The fourth-order valence-corrected chi connectivity index (χ4v) is 4.81. The van der Waals surface area contributed by atoms with Crippen LogP contribution in [0.25, 0.3) is 0 Å². The lowest BCUT2D eigenvalue weighted by atomic mass is 10.1. The Morgan fingerprint density at radius 1 is 1.12 bits per heavy atom. The Hall–Kier alpha value is -1.83. The third kappa shape index (κ3) is 4.28. The monoisotopic (exact) mass is 390 g/mol. The van der Waals surface area contributed by atoms with E-state index in [2.05, 4.69) is 28.2 Å². The number of aryl methyl sites for hydroxylation is 3. The van der Waals surface area contributed by atoms with Gasteiger partial charge in [0.25, 0.3) is 0 Å². The molecule has 1 amide bonds. The number of amides is 1. The first kappa shape index (κ1) is 18.9. The van der Waals surface area contributed by atoms with Gasteiger partial charge in [0, 0.05) is 10.6 Å². The van der Waals surface area contributed by atoms with E-state index < -0.39 is 10.0 Å². The third-order valence-electron chi connectivity index (χ3n) is 4.47. The molecule has 0 saturated heterocycles. The van der Waals surface area contributed by atoms with Gasteiger partial charge in [-0.1, -0.05) is 12.1 Å². The summed E-state index contributed by atoms with van der Waals surface area (Å²) in [4.78, 5) is 13.5. The number of thioether (sulfide) groups is 1. The minimum absolute atomic E-state index is 0.160. The van der Waals surface area contributed by atoms with Gasteiger partial charge in [-0.3, -0.25) is 4.79 Å². The molecule has 0 atom stereocenters. The lowest BCUT2D eigenvalue weighted by molar-refractivity contribution is -0.113. The van der Waals surface area contributed by atoms with E-state index in [9.17, 15) is 13.2 Å². The van der Waals surface area contributed by atoms with Crippen molar-refractivity contribution in [3.8, 4) is 0 Å². The number of fused-ring (bicyclic) bond motifs is 1. The minimum atomic E-state index is -3.55. The Morgan fingerprint density at radius 2 is 1.88 bits per heavy atom. The number of rotatable bonds is 6. The Kier molecular flexibility index (Phi) is 5.70. The first-order valence-corrected chi connectivity index (χ1v) is 10.9. The van der Waals surface area contributed by atoms with Crippen LogP contribution in [0.1, 0.15) is 23.1 Å². The molecule has 0 aromatic heterocycles. The third-order valence-corrected chi connectivity index (χ3v) is 7.02. The molecule has 0 bridgehead atoms. The molecule has 0 heterocycles. The number of hydrogen-bond acceptors (Lipinski definition) is 4. The average molecular weight is 391 g/mol. The zero-order valence-corrected chi connectivity index (χ0v) is 16.5. The summed E-state index contributed by atoms with van der Waals surface area (Å²) >= 11 is 1.49. The van der Waals surface area contributed by atoms with Crippen LogP contribution in [-0.2, 0) is 27.7 Å². The van der Waals surface area contributed by atoms with E-state index in [1.807, 2.05) is 0 Å². The first-order chi connectivity index (χ1) is 12.4. The molecule has 0 aliphatic heterocycles. The van der Waals surface area contributed by atoms with Crippen molar-refractivity contribution in [3.05, 3.63) is 53.1 Å². The van der Waals surface area contributed by atoms with E-state index in [1.54, 1.807) is 19.1 Å². The number of carbonyl (C=O) groups is 1. The van der Waals surface area contributed by atoms with Crippen LogP contribution in [0.3, 0.4) is 0 Å². The van der Waals surface area contributed by atoms with Crippen molar-refractivity contribution in [2.75, 3.05) is 18.1 Å². The molecule has 0 saturated carbocycles. The molecule has 7 heteroatoms. The second-order valence-electron chi connectivity index (χ2n) is 6.31. The molecule has 5 nitrogen and oxygen atoms in total. The zero-order valence-electron chi connectivity index (χ0n) is 14.8. The van der Waals surface area contributed by atoms with Gasteiger partial charge in [0.05, 0.1) is 10.6 Å². The lowest BCUT2D eigenvalue weighted by Gasteiger charge is -2.10. The van der Waals surface area contributed by atoms with Crippen LogP contribution in [0.5, 0.6) is 0 Å². The summed E-state index contributed by atoms with van der Waals surface area (Å²) < 4.78 is 26.4. The maximum absolute atomic E-state index is 12.2. The van der Waals surface area contributed by atoms with E-state index in [1.165, 1.54) is 42.4 Å². The number of benzene rings is 2. The summed E-state index contributed by atoms with van der Waals surface area (Å²) in [5.74, 6) is 0.119. The van der Waals surface area contributed by atoms with Gasteiger partial charge in [-0.25, -0.2) is 13.1 Å². The van der Waals surface area contributed by atoms with Gasteiger partial charge in [-0.15, -0.1) is 11.8 Å². The predicted molar refractivity (Wildman–Crippen MR) is 105 cm³/mol. The molecule has 0 unspecified atom stereocenters. The number of anilines is 1. The highest BCUT2D eigenvalue weighted by atomic mass is 32.2. The average Bonchev–Trinajstić information content (AvgIpc) is 3.09. The normalized spacial score (nSPS) is 13.5. The van der Waals surface area contributed by atoms with Gasteiger partial charge in [-0.05, 0) is 74.2 Å². The van der Waals surface area contributed by atoms with Crippen LogP contribution in [0, 0.1) is 6.92 Å². The van der Waals surface area contributed by atoms with Crippen LogP contribution < -0.4 is 10.0 Å². The predicted octanol–water partition coefficient (Wildman–Crippen LogP) is 3.12. The molecular formula is C19H22N2O3S2. The standard InChI is InChI=1S/C19H22N2O3S2/c1-13-6-8-16(11-18(13)26(23,24)20-2)21-19(22)12-25-17-9-7-14-4-3-5-15(14)10-17/h6-11,20H,3-5,12H2,1-2H3,(H,21,22). The molecule has 2 aromatic rings. The molecule has 0 radical (unpaired) electrons. The molecule has 2 N–H and O–H groups in total. The maximum atomic E-state index is 12.2. The van der Waals surface area contributed by atoms with Crippen molar-refractivity contribution in [1.29, 1.82) is 0 Å². The molecule has 138 valence electrons. The molecule has 3 rings (SSSR count). The number of sulfonamides is 1. The summed E-state index contributed by atoms with van der Waals surface area (Å²) in [7, 11) is -2.19.